The van der Waals surface area contributed by atoms with Gasteiger partial charge >= 0.3 is 5.97 Å². The molecule has 1 amide bonds. The smallest absolute Gasteiger partial charge is 0.326 e. The zero-order valence-corrected chi connectivity index (χ0v) is 25.8. The molecule has 230 valence electrons. The Hall–Kier alpha value is -2.88. The number of nitrogens with zero attached hydrogens (tertiary/aromatic N) is 2. The van der Waals surface area contributed by atoms with Crippen molar-refractivity contribution in [2.75, 3.05) is 45.3 Å². The maximum absolute atomic E-state index is 13.5. The zero-order chi connectivity index (χ0) is 30.1. The maximum atomic E-state index is 13.5. The minimum Gasteiger partial charge on any atom is -0.496 e. The number of carbonyl (C=O) groups is 2. The van der Waals surface area contributed by atoms with Crippen LogP contribution in [0.1, 0.15) is 69.2 Å². The molecule has 3 N–H and O–H groups in total. The van der Waals surface area contributed by atoms with E-state index >= 15 is 0 Å². The molecule has 0 unspecified atom stereocenters. The first-order chi connectivity index (χ1) is 20.3. The molecular formula is C32H45ClN4O5. The minimum absolute atomic E-state index is 0.114. The first-order valence-corrected chi connectivity index (χ1v) is 15.6. The van der Waals surface area contributed by atoms with Crippen molar-refractivity contribution < 1.29 is 24.2 Å². The summed E-state index contributed by atoms with van der Waals surface area (Å²) in [7, 11) is 1.54. The molecule has 1 aromatic heterocycles. The summed E-state index contributed by atoms with van der Waals surface area (Å²) in [6.07, 6.45) is 6.51. The molecule has 2 atom stereocenters. The summed E-state index contributed by atoms with van der Waals surface area (Å²) in [5, 5.41) is 16.7. The molecular weight excluding hydrogens is 556 g/mol. The van der Waals surface area contributed by atoms with Gasteiger partial charge in [-0.1, -0.05) is 23.7 Å². The number of carbonyl (C=O) groups excluding carboxylic acids is 1. The van der Waals surface area contributed by atoms with Gasteiger partial charge in [0, 0.05) is 42.0 Å². The monoisotopic (exact) mass is 600 g/mol. The molecule has 1 saturated carbocycles. The van der Waals surface area contributed by atoms with Gasteiger partial charge in [0.1, 0.15) is 17.6 Å². The number of carboxylic acid groups (broad SMARTS) is 1. The maximum Gasteiger partial charge on any atom is 0.326 e. The van der Waals surface area contributed by atoms with E-state index in [9.17, 15) is 14.7 Å². The molecule has 9 nitrogen and oxygen atoms in total. The van der Waals surface area contributed by atoms with Crippen molar-refractivity contribution >= 4 is 29.3 Å². The highest BCUT2D eigenvalue weighted by Gasteiger charge is 2.54. The van der Waals surface area contributed by atoms with Crippen molar-refractivity contribution in [2.24, 2.45) is 0 Å². The van der Waals surface area contributed by atoms with Crippen LogP contribution in [0, 0.1) is 0 Å². The highest BCUT2D eigenvalue weighted by molar-refractivity contribution is 6.32. The largest absolute Gasteiger partial charge is 0.496 e. The van der Waals surface area contributed by atoms with E-state index in [-0.39, 0.29) is 18.4 Å². The van der Waals surface area contributed by atoms with Crippen molar-refractivity contribution in [3.63, 3.8) is 0 Å². The summed E-state index contributed by atoms with van der Waals surface area (Å²) in [6.45, 7) is 7.56. The zero-order valence-electron chi connectivity index (χ0n) is 25.1. The predicted octanol–water partition coefficient (Wildman–Crippen LogP) is 4.84. The number of ether oxygens (including phenoxy) is 2. The van der Waals surface area contributed by atoms with Crippen LogP contribution in [-0.4, -0.2) is 78.9 Å². The molecule has 1 aliphatic heterocycles. The lowest BCUT2D eigenvalue weighted by molar-refractivity contribution is -0.142. The highest BCUT2D eigenvalue weighted by atomic mass is 35.5. The number of anilines is 1. The fraction of sp³-hybridized carbons (Fsp3) is 0.594. The van der Waals surface area contributed by atoms with Gasteiger partial charge in [-0.3, -0.25) is 9.69 Å². The second-order valence-corrected chi connectivity index (χ2v) is 11.8. The van der Waals surface area contributed by atoms with Gasteiger partial charge in [0.05, 0.1) is 19.1 Å². The van der Waals surface area contributed by atoms with Gasteiger partial charge in [-0.15, -0.1) is 0 Å². The Morgan fingerprint density at radius 2 is 2.02 bits per heavy atom. The standard InChI is InChI=1S/C32H45ClN4O5/c1-4-42-21-22(2)37(19-6-5-10-24-14-13-23-9-8-18-34-29(23)35-24)20-15-26(30(38)39)36-31(40)32(16-17-32)28-25(33)11-7-12-27(28)41-3/h7,11-14,22,26H,4-6,8-10,15-21H2,1-3H3,(H,34,35)(H,36,40)(H,38,39)/t22-,26-/m0/s1. The number of benzene rings is 1. The predicted molar refractivity (Wildman–Crippen MR) is 165 cm³/mol. The summed E-state index contributed by atoms with van der Waals surface area (Å²) in [5.74, 6) is 0.199. The van der Waals surface area contributed by atoms with Crippen molar-refractivity contribution in [3.8, 4) is 5.75 Å². The Balaban J connectivity index is 1.35. The molecule has 1 fully saturated rings. The van der Waals surface area contributed by atoms with Crippen LogP contribution in [0.5, 0.6) is 5.75 Å². The molecule has 1 aliphatic carbocycles. The molecule has 10 heteroatoms. The van der Waals surface area contributed by atoms with E-state index in [1.807, 2.05) is 6.92 Å². The number of carboxylic acids is 1. The summed E-state index contributed by atoms with van der Waals surface area (Å²) < 4.78 is 11.2. The second kappa shape index (κ2) is 15.0. The van der Waals surface area contributed by atoms with E-state index in [0.29, 0.717) is 48.9 Å². The van der Waals surface area contributed by atoms with Crippen LogP contribution >= 0.6 is 11.6 Å². The third-order valence-electron chi connectivity index (χ3n) is 8.43. The average Bonchev–Trinajstić information content (AvgIpc) is 3.80. The van der Waals surface area contributed by atoms with Crippen LogP contribution in [-0.2, 0) is 32.6 Å². The second-order valence-electron chi connectivity index (χ2n) is 11.4. The Bertz CT molecular complexity index is 1220. The first-order valence-electron chi connectivity index (χ1n) is 15.2. The van der Waals surface area contributed by atoms with E-state index in [2.05, 4.69) is 34.6 Å². The summed E-state index contributed by atoms with van der Waals surface area (Å²) in [4.78, 5) is 32.8. The molecule has 0 bridgehead atoms. The lowest BCUT2D eigenvalue weighted by atomic mass is 9.93. The van der Waals surface area contributed by atoms with Crippen LogP contribution in [0.3, 0.4) is 0 Å². The number of pyridine rings is 1. The number of amides is 1. The number of aliphatic carboxylic acids is 1. The van der Waals surface area contributed by atoms with Crippen LogP contribution in [0.15, 0.2) is 30.3 Å². The molecule has 0 spiro atoms. The third-order valence-corrected chi connectivity index (χ3v) is 8.75. The average molecular weight is 601 g/mol. The number of halogens is 1. The number of hydrogen-bond donors (Lipinski definition) is 3. The number of methoxy groups -OCH3 is 1. The molecule has 2 aromatic rings. The van der Waals surface area contributed by atoms with Gasteiger partial charge in [-0.2, -0.15) is 0 Å². The molecule has 42 heavy (non-hydrogen) atoms. The number of hydrogen-bond acceptors (Lipinski definition) is 7. The van der Waals surface area contributed by atoms with Crippen LogP contribution in [0.25, 0.3) is 0 Å². The van der Waals surface area contributed by atoms with E-state index < -0.39 is 17.4 Å². The van der Waals surface area contributed by atoms with Gasteiger partial charge in [-0.25, -0.2) is 9.78 Å². The van der Waals surface area contributed by atoms with Crippen molar-refractivity contribution in [1.29, 1.82) is 0 Å². The van der Waals surface area contributed by atoms with Crippen molar-refractivity contribution in [1.82, 2.24) is 15.2 Å². The van der Waals surface area contributed by atoms with Crippen molar-refractivity contribution in [2.45, 2.75) is 82.7 Å². The number of rotatable bonds is 17. The third kappa shape index (κ3) is 7.94. The molecule has 0 saturated heterocycles. The van der Waals surface area contributed by atoms with Gasteiger partial charge in [0.25, 0.3) is 0 Å². The molecule has 2 aliphatic rings. The number of unbranched alkanes of at least 4 members (excludes halogenated alkanes) is 1. The first kappa shape index (κ1) is 32.0. The van der Waals surface area contributed by atoms with Gasteiger partial charge < -0.3 is 25.2 Å². The topological polar surface area (TPSA) is 113 Å². The van der Waals surface area contributed by atoms with E-state index in [1.165, 1.54) is 5.56 Å². The SMILES string of the molecule is CCOC[C@H](C)N(CCCCc1ccc2c(n1)NCCC2)CC[C@H](NC(=O)C1(c2c(Cl)cccc2OC)CC1)C(=O)O. The normalized spacial score (nSPS) is 16.7. The Morgan fingerprint density at radius 1 is 1.21 bits per heavy atom. The molecule has 0 radical (unpaired) electrons. The summed E-state index contributed by atoms with van der Waals surface area (Å²) in [5.41, 5.74) is 2.15. The fourth-order valence-electron chi connectivity index (χ4n) is 5.78. The quantitative estimate of drug-likeness (QED) is 0.221. The number of fused-ring (bicyclic) bond motifs is 1. The van der Waals surface area contributed by atoms with E-state index in [1.54, 1.807) is 25.3 Å². The Kier molecular flexibility index (Phi) is 11.5. The Morgan fingerprint density at radius 3 is 2.74 bits per heavy atom. The van der Waals surface area contributed by atoms with E-state index in [0.717, 1.165) is 56.7 Å². The lowest BCUT2D eigenvalue weighted by Crippen LogP contribution is -2.48. The minimum atomic E-state index is -1.05. The van der Waals surface area contributed by atoms with Crippen LogP contribution in [0.2, 0.25) is 5.02 Å². The number of aromatic nitrogens is 1. The van der Waals surface area contributed by atoms with Gasteiger partial charge in [0.15, 0.2) is 0 Å². The molecule has 2 heterocycles. The lowest BCUT2D eigenvalue weighted by Gasteiger charge is -2.30. The van der Waals surface area contributed by atoms with Crippen molar-refractivity contribution in [3.05, 3.63) is 52.2 Å². The number of aryl methyl sites for hydroxylation is 2. The molecule has 1 aromatic carbocycles. The van der Waals surface area contributed by atoms with Crippen LogP contribution in [0.4, 0.5) is 5.82 Å². The number of nitrogens with one attached hydrogen (secondary N) is 2. The summed E-state index contributed by atoms with van der Waals surface area (Å²) >= 11 is 6.48. The van der Waals surface area contributed by atoms with Gasteiger partial charge in [-0.05, 0) is 95.5 Å². The van der Waals surface area contributed by atoms with Crippen LogP contribution < -0.4 is 15.4 Å². The van der Waals surface area contributed by atoms with E-state index in [4.69, 9.17) is 26.1 Å². The molecule has 4 rings (SSSR count). The Labute approximate surface area is 254 Å². The fourth-order valence-corrected chi connectivity index (χ4v) is 6.13. The highest BCUT2D eigenvalue weighted by Crippen LogP contribution is 2.54. The van der Waals surface area contributed by atoms with Gasteiger partial charge in [0.2, 0.25) is 5.91 Å². The summed E-state index contributed by atoms with van der Waals surface area (Å²) in [6, 6.07) is 8.70.